The van der Waals surface area contributed by atoms with Gasteiger partial charge in [-0.1, -0.05) is 12.5 Å². The molecule has 1 aliphatic heterocycles. The number of likely N-dealkylation sites (tertiary alicyclic amines) is 1. The third kappa shape index (κ3) is 3.13. The summed E-state index contributed by atoms with van der Waals surface area (Å²) in [7, 11) is 0. The molecule has 1 amide bonds. The fourth-order valence-corrected chi connectivity index (χ4v) is 7.75. The quantitative estimate of drug-likeness (QED) is 0.819. The largest absolute Gasteiger partial charge is 0.354 e. The molecule has 6 rings (SSSR count). The van der Waals surface area contributed by atoms with Gasteiger partial charge in [-0.25, -0.2) is 0 Å². The second kappa shape index (κ2) is 6.94. The van der Waals surface area contributed by atoms with Crippen molar-refractivity contribution >= 4 is 17.2 Å². The average molecular weight is 373 g/mol. The second-order valence-corrected chi connectivity index (χ2v) is 10.5. The molecule has 5 fully saturated rings. The van der Waals surface area contributed by atoms with Gasteiger partial charge in [0.05, 0.1) is 6.04 Å². The zero-order valence-corrected chi connectivity index (χ0v) is 16.6. The zero-order chi connectivity index (χ0) is 17.6. The molecule has 1 atom stereocenters. The number of amides is 1. The average Bonchev–Trinajstić information content (AvgIpc) is 3.16. The van der Waals surface area contributed by atoms with Crippen molar-refractivity contribution < 1.29 is 4.79 Å². The minimum atomic E-state index is -0.0172. The summed E-state index contributed by atoms with van der Waals surface area (Å²) < 4.78 is 0. The Labute approximate surface area is 161 Å². The Balaban J connectivity index is 1.28. The van der Waals surface area contributed by atoms with Crippen LogP contribution < -0.4 is 5.32 Å². The minimum Gasteiger partial charge on any atom is -0.354 e. The van der Waals surface area contributed by atoms with Crippen LogP contribution in [0, 0.1) is 23.2 Å². The van der Waals surface area contributed by atoms with Crippen LogP contribution in [0.3, 0.4) is 0 Å². The molecule has 142 valence electrons. The fourth-order valence-electron chi connectivity index (χ4n) is 6.89. The summed E-state index contributed by atoms with van der Waals surface area (Å²) in [4.78, 5) is 17.3. The van der Waals surface area contributed by atoms with Gasteiger partial charge in [-0.3, -0.25) is 9.69 Å². The first-order chi connectivity index (χ1) is 12.7. The highest BCUT2D eigenvalue weighted by Crippen LogP contribution is 2.60. The van der Waals surface area contributed by atoms with Gasteiger partial charge in [-0.05, 0) is 93.7 Å². The molecule has 26 heavy (non-hydrogen) atoms. The van der Waals surface area contributed by atoms with Crippen molar-refractivity contribution in [3.05, 3.63) is 22.4 Å². The van der Waals surface area contributed by atoms with Crippen LogP contribution in [0.15, 0.2) is 17.5 Å². The van der Waals surface area contributed by atoms with Crippen LogP contribution in [0.25, 0.3) is 0 Å². The number of carbonyl (C=O) groups is 1. The van der Waals surface area contributed by atoms with Gasteiger partial charge in [0, 0.05) is 16.8 Å². The molecular weight excluding hydrogens is 340 g/mol. The molecule has 3 nitrogen and oxygen atoms in total. The number of rotatable bonds is 5. The van der Waals surface area contributed by atoms with Gasteiger partial charge in [-0.15, -0.1) is 11.3 Å². The van der Waals surface area contributed by atoms with Gasteiger partial charge in [0.1, 0.15) is 0 Å². The molecule has 0 spiro atoms. The summed E-state index contributed by atoms with van der Waals surface area (Å²) in [5, 5.41) is 5.63. The van der Waals surface area contributed by atoms with E-state index < -0.39 is 0 Å². The fraction of sp³-hybridized carbons (Fsp3) is 0.773. The van der Waals surface area contributed by atoms with E-state index in [4.69, 9.17) is 0 Å². The second-order valence-electron chi connectivity index (χ2n) is 9.54. The summed E-state index contributed by atoms with van der Waals surface area (Å²) in [6.07, 6.45) is 11.6. The molecule has 4 bridgehead atoms. The van der Waals surface area contributed by atoms with Gasteiger partial charge >= 0.3 is 0 Å². The van der Waals surface area contributed by atoms with E-state index >= 15 is 0 Å². The Kier molecular flexibility index (Phi) is 4.60. The number of hydrogen-bond acceptors (Lipinski definition) is 3. The molecule has 1 aromatic rings. The summed E-state index contributed by atoms with van der Waals surface area (Å²) >= 11 is 1.84. The highest BCUT2D eigenvalue weighted by Gasteiger charge is 2.54. The molecule has 1 aromatic heterocycles. The Bertz CT molecular complexity index is 599. The lowest BCUT2D eigenvalue weighted by molar-refractivity contribution is -0.146. The van der Waals surface area contributed by atoms with Crippen molar-refractivity contribution in [1.82, 2.24) is 10.2 Å². The van der Waals surface area contributed by atoms with Crippen LogP contribution in [-0.2, 0) is 4.79 Å². The van der Waals surface area contributed by atoms with Crippen LogP contribution in [0.1, 0.15) is 68.7 Å². The van der Waals surface area contributed by atoms with Crippen molar-refractivity contribution in [3.8, 4) is 0 Å². The third-order valence-electron chi connectivity index (χ3n) is 7.68. The molecule has 1 N–H and O–H groups in total. The number of piperidine rings is 1. The lowest BCUT2D eigenvalue weighted by Crippen LogP contribution is -2.54. The summed E-state index contributed by atoms with van der Waals surface area (Å²) in [6.45, 7) is 3.15. The highest BCUT2D eigenvalue weighted by atomic mass is 32.1. The van der Waals surface area contributed by atoms with Gasteiger partial charge in [0.15, 0.2) is 0 Å². The Morgan fingerprint density at radius 2 is 1.77 bits per heavy atom. The Hall–Kier alpha value is -0.870. The lowest BCUT2D eigenvalue weighted by Gasteiger charge is -2.55. The van der Waals surface area contributed by atoms with Crippen molar-refractivity contribution in [2.45, 2.75) is 63.8 Å². The first-order valence-electron chi connectivity index (χ1n) is 10.8. The highest BCUT2D eigenvalue weighted by molar-refractivity contribution is 7.10. The third-order valence-corrected chi connectivity index (χ3v) is 8.65. The number of nitrogens with one attached hydrogen (secondary N) is 1. The summed E-state index contributed by atoms with van der Waals surface area (Å²) in [5.41, 5.74) is -0.0172. The Morgan fingerprint density at radius 3 is 2.35 bits per heavy atom. The molecule has 4 heteroatoms. The lowest BCUT2D eigenvalue weighted by atomic mass is 9.49. The molecule has 0 aromatic carbocycles. The molecule has 4 aliphatic carbocycles. The van der Waals surface area contributed by atoms with Gasteiger partial charge < -0.3 is 5.32 Å². The Morgan fingerprint density at radius 1 is 1.12 bits per heavy atom. The first kappa shape index (κ1) is 17.2. The van der Waals surface area contributed by atoms with Crippen LogP contribution in [0.5, 0.6) is 0 Å². The van der Waals surface area contributed by atoms with E-state index in [1.165, 1.54) is 75.8 Å². The predicted octanol–water partition coefficient (Wildman–Crippen LogP) is 4.61. The van der Waals surface area contributed by atoms with Crippen LogP contribution in [0.4, 0.5) is 0 Å². The van der Waals surface area contributed by atoms with Crippen molar-refractivity contribution in [2.75, 3.05) is 19.6 Å². The number of nitrogens with zero attached hydrogens (tertiary/aromatic N) is 1. The predicted molar refractivity (Wildman–Crippen MR) is 106 cm³/mol. The molecule has 0 unspecified atom stereocenters. The van der Waals surface area contributed by atoms with Crippen LogP contribution in [-0.4, -0.2) is 30.4 Å². The zero-order valence-electron chi connectivity index (χ0n) is 15.8. The number of thiophene rings is 1. The normalized spacial score (nSPS) is 37.6. The molecule has 2 heterocycles. The topological polar surface area (TPSA) is 32.3 Å². The first-order valence-corrected chi connectivity index (χ1v) is 11.7. The van der Waals surface area contributed by atoms with E-state index in [0.29, 0.717) is 11.9 Å². The molecule has 0 radical (unpaired) electrons. The maximum atomic E-state index is 13.3. The SMILES string of the molecule is O=C(NC[C@H](c1cccs1)N1CCCCC1)C12CC3CC(CC(C3)C1)C2. The maximum absolute atomic E-state index is 13.3. The molecular formula is C22H32N2OS. The number of carbonyl (C=O) groups excluding carboxylic acids is 1. The minimum absolute atomic E-state index is 0.0172. The maximum Gasteiger partial charge on any atom is 0.226 e. The van der Waals surface area contributed by atoms with Crippen molar-refractivity contribution in [2.24, 2.45) is 23.2 Å². The van der Waals surface area contributed by atoms with E-state index in [1.807, 2.05) is 11.3 Å². The van der Waals surface area contributed by atoms with E-state index in [1.54, 1.807) is 0 Å². The van der Waals surface area contributed by atoms with Crippen molar-refractivity contribution in [3.63, 3.8) is 0 Å². The molecule has 4 saturated carbocycles. The van der Waals surface area contributed by atoms with Gasteiger partial charge in [-0.2, -0.15) is 0 Å². The van der Waals surface area contributed by atoms with E-state index in [0.717, 1.165) is 24.3 Å². The molecule has 1 saturated heterocycles. The standard InChI is InChI=1S/C22H32N2OS/c25-21(22-12-16-9-17(13-22)11-18(10-16)14-22)23-15-19(20-5-4-8-26-20)24-6-2-1-3-7-24/h4-5,8,16-19H,1-3,6-7,9-15H2,(H,23,25)/t16?,17?,18?,19-,22?/m1/s1. The van der Waals surface area contributed by atoms with Crippen LogP contribution in [0.2, 0.25) is 0 Å². The summed E-state index contributed by atoms with van der Waals surface area (Å²) in [6, 6.07) is 4.77. The van der Waals surface area contributed by atoms with Crippen LogP contribution >= 0.6 is 11.3 Å². The monoisotopic (exact) mass is 372 g/mol. The smallest absolute Gasteiger partial charge is 0.226 e. The van der Waals surface area contributed by atoms with Gasteiger partial charge in [0.25, 0.3) is 0 Å². The van der Waals surface area contributed by atoms with E-state index in [2.05, 4.69) is 27.7 Å². The summed E-state index contributed by atoms with van der Waals surface area (Å²) in [5.74, 6) is 2.89. The molecule has 5 aliphatic rings. The van der Waals surface area contributed by atoms with Crippen molar-refractivity contribution in [1.29, 1.82) is 0 Å². The van der Waals surface area contributed by atoms with E-state index in [-0.39, 0.29) is 5.41 Å². The van der Waals surface area contributed by atoms with Gasteiger partial charge in [0.2, 0.25) is 5.91 Å². The number of hydrogen-bond donors (Lipinski definition) is 1. The van der Waals surface area contributed by atoms with E-state index in [9.17, 15) is 4.79 Å².